The lowest BCUT2D eigenvalue weighted by Crippen LogP contribution is -2.21. The lowest BCUT2D eigenvalue weighted by atomic mass is 10.0. The number of nitrogens with two attached hydrogens (primary N) is 1. The van der Waals surface area contributed by atoms with Crippen molar-refractivity contribution in [3.63, 3.8) is 0 Å². The van der Waals surface area contributed by atoms with E-state index >= 15 is 0 Å². The first-order valence-corrected chi connectivity index (χ1v) is 5.41. The van der Waals surface area contributed by atoms with Gasteiger partial charge in [-0.15, -0.1) is 0 Å². The molecule has 6 nitrogen and oxygen atoms in total. The van der Waals surface area contributed by atoms with Crippen molar-refractivity contribution in [2.24, 2.45) is 5.73 Å². The molecular formula is C10H8BrNO5. The van der Waals surface area contributed by atoms with Crippen molar-refractivity contribution < 1.29 is 24.2 Å². The first kappa shape index (κ1) is 11.9. The van der Waals surface area contributed by atoms with Gasteiger partial charge in [0.1, 0.15) is 6.04 Å². The molecule has 0 radical (unpaired) electrons. The topological polar surface area (TPSA) is 98.9 Å². The van der Waals surface area contributed by atoms with Gasteiger partial charge < -0.3 is 20.3 Å². The highest BCUT2D eigenvalue weighted by Gasteiger charge is 2.29. The highest BCUT2D eigenvalue weighted by Crippen LogP contribution is 2.43. The Kier molecular flexibility index (Phi) is 3.03. The molecule has 1 aliphatic rings. The van der Waals surface area contributed by atoms with E-state index < -0.39 is 12.0 Å². The molecule has 1 aromatic carbocycles. The van der Waals surface area contributed by atoms with E-state index in [1.54, 1.807) is 0 Å². The predicted octanol–water partition coefficient (Wildman–Crippen LogP) is 1.07. The number of halogens is 1. The van der Waals surface area contributed by atoms with Gasteiger partial charge in [0.15, 0.2) is 17.8 Å². The van der Waals surface area contributed by atoms with Crippen molar-refractivity contribution in [2.75, 3.05) is 6.79 Å². The fraction of sp³-hybridized carbons (Fsp3) is 0.200. The molecule has 0 aliphatic carbocycles. The zero-order valence-electron chi connectivity index (χ0n) is 8.47. The summed E-state index contributed by atoms with van der Waals surface area (Å²) in [6.07, 6.45) is 0.605. The van der Waals surface area contributed by atoms with Gasteiger partial charge in [-0.05, 0) is 22.0 Å². The number of carboxylic acids is 1. The van der Waals surface area contributed by atoms with Gasteiger partial charge in [0.25, 0.3) is 0 Å². The summed E-state index contributed by atoms with van der Waals surface area (Å²) in [5.41, 5.74) is 6.07. The minimum absolute atomic E-state index is 0.0635. The molecule has 1 aliphatic heterocycles. The minimum atomic E-state index is -1.23. The van der Waals surface area contributed by atoms with Gasteiger partial charge >= 0.3 is 5.97 Å². The molecule has 1 aromatic rings. The highest BCUT2D eigenvalue weighted by atomic mass is 79.9. The lowest BCUT2D eigenvalue weighted by molar-refractivity contribution is -0.138. The second kappa shape index (κ2) is 4.34. The average molecular weight is 302 g/mol. The smallest absolute Gasteiger partial charge is 0.325 e. The number of aldehydes is 1. The summed E-state index contributed by atoms with van der Waals surface area (Å²) in [6, 6.07) is 0.221. The number of hydrogen-bond acceptors (Lipinski definition) is 5. The van der Waals surface area contributed by atoms with Gasteiger partial charge in [-0.3, -0.25) is 9.59 Å². The maximum Gasteiger partial charge on any atom is 0.325 e. The fourth-order valence-corrected chi connectivity index (χ4v) is 2.08. The summed E-state index contributed by atoms with van der Waals surface area (Å²) in [6.45, 7) is -0.0635. The first-order valence-electron chi connectivity index (χ1n) is 4.61. The van der Waals surface area contributed by atoms with Gasteiger partial charge in [0.05, 0.1) is 5.56 Å². The monoisotopic (exact) mass is 301 g/mol. The second-order valence-corrected chi connectivity index (χ2v) is 4.21. The number of rotatable bonds is 3. The molecule has 1 atom stereocenters. The molecule has 1 unspecified atom stereocenters. The molecular weight excluding hydrogens is 294 g/mol. The van der Waals surface area contributed by atoms with Crippen molar-refractivity contribution in [1.29, 1.82) is 0 Å². The van der Waals surface area contributed by atoms with Gasteiger partial charge in [-0.1, -0.05) is 0 Å². The molecule has 0 fully saturated rings. The molecule has 0 bridgehead atoms. The molecule has 0 saturated carbocycles. The third-order valence-electron chi connectivity index (χ3n) is 2.38. The SMILES string of the molecule is NC(C(=O)O)c1cc(Br)c(C=O)c2c1OCO2. The Balaban J connectivity index is 2.63. The van der Waals surface area contributed by atoms with Gasteiger partial charge in [0.2, 0.25) is 6.79 Å². The number of aliphatic carboxylic acids is 1. The van der Waals surface area contributed by atoms with Crippen LogP contribution in [0, 0.1) is 0 Å². The number of ether oxygens (including phenoxy) is 2. The van der Waals surface area contributed by atoms with Crippen LogP contribution < -0.4 is 15.2 Å². The van der Waals surface area contributed by atoms with Crippen molar-refractivity contribution in [2.45, 2.75) is 6.04 Å². The maximum atomic E-state index is 10.9. The molecule has 1 heterocycles. The summed E-state index contributed by atoms with van der Waals surface area (Å²) >= 11 is 3.16. The third kappa shape index (κ3) is 1.87. The summed E-state index contributed by atoms with van der Waals surface area (Å²) in [5, 5.41) is 8.88. The number of carbonyl (C=O) groups is 2. The van der Waals surface area contributed by atoms with Gasteiger partial charge in [-0.2, -0.15) is 0 Å². The number of carbonyl (C=O) groups excluding carboxylic acids is 1. The number of carboxylic acid groups (broad SMARTS) is 1. The predicted molar refractivity (Wildman–Crippen MR) is 60.2 cm³/mol. The van der Waals surface area contributed by atoms with E-state index in [9.17, 15) is 9.59 Å². The van der Waals surface area contributed by atoms with Crippen LogP contribution in [0.5, 0.6) is 11.5 Å². The highest BCUT2D eigenvalue weighted by molar-refractivity contribution is 9.10. The normalized spacial score (nSPS) is 14.5. The van der Waals surface area contributed by atoms with E-state index in [1.807, 2.05) is 0 Å². The van der Waals surface area contributed by atoms with Crippen LogP contribution in [-0.4, -0.2) is 24.2 Å². The Morgan fingerprint density at radius 3 is 2.76 bits per heavy atom. The van der Waals surface area contributed by atoms with E-state index in [2.05, 4.69) is 15.9 Å². The molecule has 90 valence electrons. The second-order valence-electron chi connectivity index (χ2n) is 3.36. The standard InChI is InChI=1S/C10H8BrNO5/c11-6-1-4(7(12)10(14)15)8-9(5(6)2-13)17-3-16-8/h1-2,7H,3,12H2,(H,14,15). The van der Waals surface area contributed by atoms with Crippen LogP contribution in [-0.2, 0) is 4.79 Å². The number of fused-ring (bicyclic) bond motifs is 1. The Morgan fingerprint density at radius 1 is 1.53 bits per heavy atom. The largest absolute Gasteiger partial charge is 0.480 e. The average Bonchev–Trinajstić information content (AvgIpc) is 2.75. The van der Waals surface area contributed by atoms with Gasteiger partial charge in [0, 0.05) is 10.0 Å². The van der Waals surface area contributed by atoms with Crippen LogP contribution in [0.15, 0.2) is 10.5 Å². The van der Waals surface area contributed by atoms with E-state index in [0.717, 1.165) is 0 Å². The van der Waals surface area contributed by atoms with Crippen LogP contribution in [0.3, 0.4) is 0 Å². The summed E-state index contributed by atoms with van der Waals surface area (Å²) in [5.74, 6) is -0.750. The Bertz CT molecular complexity index is 502. The van der Waals surface area contributed by atoms with E-state index in [1.165, 1.54) is 6.07 Å². The van der Waals surface area contributed by atoms with Crippen LogP contribution in [0.4, 0.5) is 0 Å². The van der Waals surface area contributed by atoms with Crippen LogP contribution >= 0.6 is 15.9 Å². The van der Waals surface area contributed by atoms with Crippen molar-refractivity contribution in [3.05, 3.63) is 21.7 Å². The number of hydrogen-bond donors (Lipinski definition) is 2. The van der Waals surface area contributed by atoms with Crippen LogP contribution in [0.25, 0.3) is 0 Å². The molecule has 2 rings (SSSR count). The van der Waals surface area contributed by atoms with Crippen molar-refractivity contribution in [1.82, 2.24) is 0 Å². The maximum absolute atomic E-state index is 10.9. The minimum Gasteiger partial charge on any atom is -0.480 e. The van der Waals surface area contributed by atoms with Crippen LogP contribution in [0.2, 0.25) is 0 Å². The van der Waals surface area contributed by atoms with Crippen LogP contribution in [0.1, 0.15) is 22.0 Å². The van der Waals surface area contributed by atoms with Crippen molar-refractivity contribution >= 4 is 28.2 Å². The zero-order valence-corrected chi connectivity index (χ0v) is 10.1. The molecule has 0 amide bonds. The van der Waals surface area contributed by atoms with E-state index in [-0.39, 0.29) is 29.4 Å². The lowest BCUT2D eigenvalue weighted by Gasteiger charge is -2.12. The Hall–Kier alpha value is -1.60. The summed E-state index contributed by atoms with van der Waals surface area (Å²) < 4.78 is 10.7. The third-order valence-corrected chi connectivity index (χ3v) is 3.03. The first-order chi connectivity index (χ1) is 8.06. The molecule has 0 aromatic heterocycles. The Labute approximate surface area is 104 Å². The van der Waals surface area contributed by atoms with E-state index in [0.29, 0.717) is 10.8 Å². The molecule has 0 spiro atoms. The Morgan fingerprint density at radius 2 is 2.18 bits per heavy atom. The summed E-state index contributed by atoms with van der Waals surface area (Å²) in [4.78, 5) is 21.7. The number of benzene rings is 1. The molecule has 17 heavy (non-hydrogen) atoms. The fourth-order valence-electron chi connectivity index (χ4n) is 1.56. The summed E-state index contributed by atoms with van der Waals surface area (Å²) in [7, 11) is 0. The van der Waals surface area contributed by atoms with E-state index in [4.69, 9.17) is 20.3 Å². The zero-order chi connectivity index (χ0) is 12.6. The van der Waals surface area contributed by atoms with Gasteiger partial charge in [-0.25, -0.2) is 0 Å². The quantitative estimate of drug-likeness (QED) is 0.810. The molecule has 7 heteroatoms. The molecule has 0 saturated heterocycles. The molecule has 3 N–H and O–H groups in total. The van der Waals surface area contributed by atoms with Crippen molar-refractivity contribution in [3.8, 4) is 11.5 Å².